The number of halogens is 1. The van der Waals surface area contributed by atoms with Crippen molar-refractivity contribution in [2.24, 2.45) is 35.0 Å². The van der Waals surface area contributed by atoms with Gasteiger partial charge >= 0.3 is 305 Å². The number of allylic oxidation sites excluding steroid dienone is 3. The fraction of sp³-hybridized carbons (Fsp3) is 0.587. The van der Waals surface area contributed by atoms with Gasteiger partial charge in [0.05, 0.1) is 6.10 Å². The Morgan fingerprint density at radius 3 is 2.21 bits per heavy atom. The molecule has 0 radical (unpaired) electrons. The number of aliphatic hydroxyl groups is 3. The first kappa shape index (κ1) is 48.9. The van der Waals surface area contributed by atoms with Gasteiger partial charge in [0, 0.05) is 18.8 Å². The number of nitrogens with one attached hydrogen (secondary N) is 1. The van der Waals surface area contributed by atoms with Crippen LogP contribution in [0.2, 0.25) is 0 Å². The maximum atomic E-state index is 14.5. The number of ether oxygens (including phenoxy) is 3. The third kappa shape index (κ3) is 9.54. The van der Waals surface area contributed by atoms with Gasteiger partial charge < -0.3 is 14.9 Å². The summed E-state index contributed by atoms with van der Waals surface area (Å²) in [5, 5.41) is 73.2. The first-order chi connectivity index (χ1) is 28.8. The number of aromatic hydroxyl groups is 3. The molecule has 0 unspecified atom stereocenters. The number of anilines is 2. The van der Waals surface area contributed by atoms with Gasteiger partial charge in [0.15, 0.2) is 0 Å². The van der Waals surface area contributed by atoms with E-state index in [4.69, 9.17) is 14.2 Å². The summed E-state index contributed by atoms with van der Waals surface area (Å²) in [7, 11) is 0. The molecule has 9 atom stereocenters. The van der Waals surface area contributed by atoms with E-state index >= 15 is 0 Å². The molecular weight excluding hydrogens is 913 g/mol. The third-order valence-electron chi connectivity index (χ3n) is 12.8. The number of amides is 1. The summed E-state index contributed by atoms with van der Waals surface area (Å²) in [4.78, 5) is 43.2. The van der Waals surface area contributed by atoms with E-state index in [0.717, 1.165) is 17.4 Å². The molecule has 4 heterocycles. The molecule has 0 aromatic heterocycles. The average molecular weight is 979 g/mol. The number of carbonyl (C=O) groups is 3. The topological polar surface area (TPSA) is 219 Å². The number of alkyl halides is 1. The molecule has 7 N–H and O–H groups in total. The van der Waals surface area contributed by atoms with Crippen LogP contribution in [0.3, 0.4) is 0 Å². The van der Waals surface area contributed by atoms with Crippen LogP contribution in [0.4, 0.5) is 11.4 Å². The Kier molecular flexibility index (Phi) is 14.9. The van der Waals surface area contributed by atoms with Crippen LogP contribution in [0.25, 0.3) is 10.8 Å². The van der Waals surface area contributed by atoms with Gasteiger partial charge in [0.25, 0.3) is 0 Å². The summed E-state index contributed by atoms with van der Waals surface area (Å²) >= 11 is -0.859. The van der Waals surface area contributed by atoms with Crippen molar-refractivity contribution >= 4 is 39.8 Å². The van der Waals surface area contributed by atoms with E-state index in [-0.39, 0.29) is 44.6 Å². The molecule has 0 aliphatic carbocycles. The Morgan fingerprint density at radius 2 is 1.61 bits per heavy atom. The molecule has 1 saturated heterocycles. The van der Waals surface area contributed by atoms with E-state index in [0.29, 0.717) is 19.0 Å². The molecule has 0 saturated carbocycles. The molecule has 6 rings (SSSR count). The van der Waals surface area contributed by atoms with Crippen molar-refractivity contribution in [1.82, 2.24) is 4.90 Å². The van der Waals surface area contributed by atoms with E-state index in [9.17, 15) is 45.0 Å². The van der Waals surface area contributed by atoms with Gasteiger partial charge in [-0.2, -0.15) is 0 Å². The molecule has 15 nitrogen and oxygen atoms in total. The second-order valence-electron chi connectivity index (χ2n) is 18.4. The molecule has 16 heteroatoms. The van der Waals surface area contributed by atoms with Gasteiger partial charge in [-0.15, -0.1) is 0 Å². The minimum atomic E-state index is -2.08. The number of aliphatic hydroxyl groups excluding tert-OH is 3. The van der Waals surface area contributed by atoms with Crippen LogP contribution in [0.1, 0.15) is 92.1 Å². The normalized spacial score (nSPS) is 32.3. The number of phenols is 3. The van der Waals surface area contributed by atoms with Gasteiger partial charge in [-0.05, 0) is 0 Å². The molecule has 4 aliphatic heterocycles. The predicted octanol–water partition coefficient (Wildman–Crippen LogP) is 2.87. The molecule has 344 valence electrons. The molecule has 1 fully saturated rings. The van der Waals surface area contributed by atoms with Crippen LogP contribution in [0.5, 0.6) is 23.0 Å². The zero-order valence-corrected chi connectivity index (χ0v) is 40.0. The second kappa shape index (κ2) is 18.9. The van der Waals surface area contributed by atoms with Gasteiger partial charge in [0.1, 0.15) is 6.10 Å². The van der Waals surface area contributed by atoms with E-state index in [1.807, 2.05) is 30.0 Å². The number of rotatable bonds is 4. The van der Waals surface area contributed by atoms with Gasteiger partial charge in [-0.25, -0.2) is 0 Å². The Morgan fingerprint density at radius 1 is 0.952 bits per heavy atom. The zero-order chi connectivity index (χ0) is 46.3. The molecule has 5 bridgehead atoms. The number of Topliss-reactive ketones (excluding diaryl/α,β-unsaturated/α-hetero) is 1. The van der Waals surface area contributed by atoms with Crippen molar-refractivity contribution < 1.29 is 80.7 Å². The molecule has 1 amide bonds. The van der Waals surface area contributed by atoms with Gasteiger partial charge in [-0.3, -0.25) is 4.79 Å². The number of carbonyl (C=O) groups excluding carboxylic acids is 3. The van der Waals surface area contributed by atoms with Crippen LogP contribution >= 0.6 is 0 Å². The fourth-order valence-electron chi connectivity index (χ4n) is 8.50. The molecule has 0 spiro atoms. The average Bonchev–Trinajstić information content (AvgIpc) is 3.47. The summed E-state index contributed by atoms with van der Waals surface area (Å²) < 4.78 is 20.4. The van der Waals surface area contributed by atoms with E-state index in [2.05, 4.69) is 24.1 Å². The van der Waals surface area contributed by atoms with Crippen molar-refractivity contribution in [2.75, 3.05) is 32.6 Å². The monoisotopic (exact) mass is 978 g/mol. The third-order valence-corrected chi connectivity index (χ3v) is 15.9. The summed E-state index contributed by atoms with van der Waals surface area (Å²) in [6, 6.07) is 0. The number of phenolic OH excluding ortho intramolecular Hbond substituents is 3. The first-order valence-electron chi connectivity index (χ1n) is 21.2. The van der Waals surface area contributed by atoms with E-state index in [1.54, 1.807) is 39.8 Å². The summed E-state index contributed by atoms with van der Waals surface area (Å²) in [6.45, 7) is 22.6. The Labute approximate surface area is 375 Å². The first-order valence-corrected chi connectivity index (χ1v) is 23.7. The van der Waals surface area contributed by atoms with E-state index in [1.165, 1.54) is 26.8 Å². The Bertz CT molecular complexity index is 2140. The number of benzene rings is 2. The van der Waals surface area contributed by atoms with Crippen LogP contribution in [0, 0.1) is 41.9 Å². The number of ketones is 1. The molecular formula is C46H65IN3O12-. The molecule has 4 aliphatic rings. The number of fused-ring (bicyclic) bond motifs is 15. The van der Waals surface area contributed by atoms with Crippen LogP contribution in [-0.2, 0) is 19.1 Å². The Balaban J connectivity index is 1.70. The van der Waals surface area contributed by atoms with Crippen molar-refractivity contribution in [2.45, 2.75) is 113 Å². The molecule has 62 heavy (non-hydrogen) atoms. The predicted molar refractivity (Wildman–Crippen MR) is 231 cm³/mol. The number of esters is 1. The van der Waals surface area contributed by atoms with Crippen molar-refractivity contribution in [3.05, 3.63) is 47.3 Å². The van der Waals surface area contributed by atoms with Gasteiger partial charge in [-0.1, -0.05) is 20.8 Å². The zero-order valence-electron chi connectivity index (χ0n) is 37.8. The van der Waals surface area contributed by atoms with Crippen LogP contribution in [-0.4, -0.2) is 108 Å². The van der Waals surface area contributed by atoms with Crippen LogP contribution in [0.15, 0.2) is 36.1 Å². The minimum absolute atomic E-state index is 0.0656. The quantitative estimate of drug-likeness (QED) is 0.0446. The van der Waals surface area contributed by atoms with Crippen molar-refractivity contribution in [3.63, 3.8) is 0 Å². The van der Waals surface area contributed by atoms with Crippen molar-refractivity contribution in [1.29, 1.82) is 0 Å². The Hall–Kier alpha value is -4.10. The number of hydrogen-bond donors (Lipinski definition) is 7. The van der Waals surface area contributed by atoms with Crippen molar-refractivity contribution in [3.8, 4) is 23.0 Å². The standard InChI is InChI=1S/C46H65IN3O12/c1-22(2)20-49-17-18-50(47-21-49)35-34-39(56)32-31(40(35)57)33-42(27(7)38(32)55)62-46(12,43(33)58)60-19-15-30(52)24(4)41(61-29(9)51)26(6)36(53)25(5)37(54)28(8)45(10,11)16-13-14-23(3)44(59)48-34/h13-16,19,22,24-26,28,30,36-37,41,52-57H,17-18,20-21H2,1-12H3,(H,48,59)/q-1/b16-13+,19-15+,23-14-/t24-,25+,26-,28-,30+,36-,37-,41-,46+/m1/s1. The summed E-state index contributed by atoms with van der Waals surface area (Å²) in [6.07, 6.45) is 2.87. The van der Waals surface area contributed by atoms with Gasteiger partial charge in [0.2, 0.25) is 0 Å². The fourth-order valence-corrected chi connectivity index (χ4v) is 11.3. The molecule has 2 aromatic rings. The number of nitrogens with zero attached hydrogens (tertiary/aromatic N) is 2. The second-order valence-corrected chi connectivity index (χ2v) is 20.9. The summed E-state index contributed by atoms with van der Waals surface area (Å²) in [5.74, 6) is -7.92. The SMILES string of the molecule is CC(=O)O[C@H]1[C@H](C)[C@H](O)[C@H](C)[C@@H](O)[C@@H](C)C(C)(C)/C=C/C=C(/C)C(=O)Nc2c(N3CCN(CC(C)C)C[I-]3)c(O)c3c4c(c(C)c(O)c3c2O)O[C@](C)(O/C=C/[C@H](O)[C@H]1C)C4=O. The van der Waals surface area contributed by atoms with Crippen LogP contribution < -0.4 is 34.6 Å². The summed E-state index contributed by atoms with van der Waals surface area (Å²) in [5.41, 5.74) is -0.533. The molecule has 2 aromatic carbocycles. The number of hydrogen-bond acceptors (Lipinski definition) is 14. The van der Waals surface area contributed by atoms with E-state index < -0.39 is 116 Å². The maximum absolute atomic E-state index is 14.5.